The summed E-state index contributed by atoms with van der Waals surface area (Å²) in [6.45, 7) is 0. The summed E-state index contributed by atoms with van der Waals surface area (Å²) in [5.74, 6) is 1.93. The predicted molar refractivity (Wildman–Crippen MR) is 233 cm³/mol. The summed E-state index contributed by atoms with van der Waals surface area (Å²) >= 11 is 1.80. The molecule has 0 aliphatic heterocycles. The molecule has 11 aromatic rings. The van der Waals surface area contributed by atoms with Gasteiger partial charge >= 0.3 is 0 Å². The average Bonchev–Trinajstić information content (AvgIpc) is 3.84. The lowest BCUT2D eigenvalue weighted by Crippen LogP contribution is -2.00. The van der Waals surface area contributed by atoms with Crippen molar-refractivity contribution in [2.75, 3.05) is 0 Å². The molecule has 0 radical (unpaired) electrons. The van der Waals surface area contributed by atoms with Crippen LogP contribution in [0.2, 0.25) is 0 Å². The fourth-order valence-electron chi connectivity index (χ4n) is 7.78. The van der Waals surface area contributed by atoms with E-state index in [0.717, 1.165) is 72.0 Å². The minimum Gasteiger partial charge on any atom is -0.456 e. The first-order chi connectivity index (χ1) is 27.7. The molecule has 0 N–H and O–H groups in total. The summed E-state index contributed by atoms with van der Waals surface area (Å²) in [5.41, 5.74) is 11.5. The Kier molecular flexibility index (Phi) is 7.64. The normalized spacial score (nSPS) is 11.6. The maximum atomic E-state index is 6.45. The van der Waals surface area contributed by atoms with Gasteiger partial charge in [0.05, 0.1) is 0 Å². The van der Waals surface area contributed by atoms with Crippen LogP contribution < -0.4 is 0 Å². The lowest BCUT2D eigenvalue weighted by Gasteiger charge is -2.10. The third-order valence-electron chi connectivity index (χ3n) is 10.5. The number of hydrogen-bond donors (Lipinski definition) is 0. The fourth-order valence-corrected chi connectivity index (χ4v) is 8.97. The van der Waals surface area contributed by atoms with E-state index in [-0.39, 0.29) is 0 Å². The van der Waals surface area contributed by atoms with E-state index in [0.29, 0.717) is 17.5 Å². The zero-order valence-electron chi connectivity index (χ0n) is 30.1. The average molecular weight is 734 g/mol. The number of rotatable bonds is 6. The van der Waals surface area contributed by atoms with Crippen molar-refractivity contribution in [2.45, 2.75) is 0 Å². The van der Waals surface area contributed by atoms with Gasteiger partial charge in [0, 0.05) is 47.6 Å². The standard InChI is InChI=1S/C51H31N3OS/c1-4-13-32(14-5-1)35-19-12-20-37(27-35)50-52-49(34-17-8-3-9-18-34)53-51(54-50)38-24-26-41-40-25-23-36(30-46(40)56-47(41)31-38)43-28-39(33-15-6-2-7-16-33)29-45-48(43)42-21-10-11-22-44(42)55-45/h1-31H. The van der Waals surface area contributed by atoms with E-state index in [4.69, 9.17) is 19.4 Å². The van der Waals surface area contributed by atoms with E-state index in [2.05, 4.69) is 140 Å². The number of aromatic nitrogens is 3. The summed E-state index contributed by atoms with van der Waals surface area (Å²) in [6.07, 6.45) is 0. The van der Waals surface area contributed by atoms with Crippen LogP contribution in [0.25, 0.3) is 110 Å². The van der Waals surface area contributed by atoms with Crippen molar-refractivity contribution in [1.29, 1.82) is 0 Å². The predicted octanol–water partition coefficient (Wildman–Crippen LogP) is 14.1. The van der Waals surface area contributed by atoms with Gasteiger partial charge in [0.1, 0.15) is 11.2 Å². The van der Waals surface area contributed by atoms with Gasteiger partial charge in [0.2, 0.25) is 0 Å². The van der Waals surface area contributed by atoms with Crippen molar-refractivity contribution in [1.82, 2.24) is 15.0 Å². The first kappa shape index (κ1) is 32.2. The molecule has 0 atom stereocenters. The van der Waals surface area contributed by atoms with E-state index < -0.39 is 0 Å². The quantitative estimate of drug-likeness (QED) is 0.171. The van der Waals surface area contributed by atoms with Gasteiger partial charge in [-0.3, -0.25) is 0 Å². The number of nitrogens with zero attached hydrogens (tertiary/aromatic N) is 3. The number of fused-ring (bicyclic) bond motifs is 6. The van der Waals surface area contributed by atoms with Crippen LogP contribution in [-0.2, 0) is 0 Å². The van der Waals surface area contributed by atoms with Crippen molar-refractivity contribution >= 4 is 53.4 Å². The number of furan rings is 1. The largest absolute Gasteiger partial charge is 0.456 e. The van der Waals surface area contributed by atoms with Gasteiger partial charge in [0.25, 0.3) is 0 Å². The van der Waals surface area contributed by atoms with Gasteiger partial charge in [-0.15, -0.1) is 11.3 Å². The van der Waals surface area contributed by atoms with Crippen molar-refractivity contribution in [3.8, 4) is 67.5 Å². The Labute approximate surface area is 327 Å². The molecule has 11 rings (SSSR count). The van der Waals surface area contributed by atoms with Gasteiger partial charge in [-0.25, -0.2) is 15.0 Å². The van der Waals surface area contributed by atoms with Crippen LogP contribution in [-0.4, -0.2) is 15.0 Å². The molecule has 0 saturated carbocycles. The zero-order valence-corrected chi connectivity index (χ0v) is 30.9. The van der Waals surface area contributed by atoms with Gasteiger partial charge in [-0.05, 0) is 69.8 Å². The number of thiophene rings is 1. The van der Waals surface area contributed by atoms with Crippen LogP contribution in [0.4, 0.5) is 0 Å². The molecule has 4 nitrogen and oxygen atoms in total. The Morgan fingerprint density at radius 3 is 1.54 bits per heavy atom. The Balaban J connectivity index is 1.04. The first-order valence-corrected chi connectivity index (χ1v) is 19.5. The second-order valence-electron chi connectivity index (χ2n) is 14.0. The van der Waals surface area contributed by atoms with E-state index in [1.807, 2.05) is 48.5 Å². The Morgan fingerprint density at radius 1 is 0.321 bits per heavy atom. The monoisotopic (exact) mass is 733 g/mol. The highest BCUT2D eigenvalue weighted by Gasteiger charge is 2.18. The molecule has 0 fully saturated rings. The van der Waals surface area contributed by atoms with Crippen molar-refractivity contribution in [3.05, 3.63) is 188 Å². The minimum absolute atomic E-state index is 0.642. The Hall–Kier alpha value is -7.21. The maximum absolute atomic E-state index is 6.45. The van der Waals surface area contributed by atoms with Crippen molar-refractivity contribution in [3.63, 3.8) is 0 Å². The summed E-state index contributed by atoms with van der Waals surface area (Å²) in [4.78, 5) is 15.2. The van der Waals surface area contributed by atoms with Crippen LogP contribution in [0.1, 0.15) is 0 Å². The highest BCUT2D eigenvalue weighted by molar-refractivity contribution is 7.25. The molecule has 0 spiro atoms. The molecular formula is C51H31N3OS. The molecule has 0 saturated heterocycles. The summed E-state index contributed by atoms with van der Waals surface area (Å²) in [6, 6.07) is 65.7. The van der Waals surface area contributed by atoms with E-state index in [1.165, 1.54) is 20.2 Å². The summed E-state index contributed by atoms with van der Waals surface area (Å²) < 4.78 is 8.86. The molecule has 0 bridgehead atoms. The minimum atomic E-state index is 0.642. The lowest BCUT2D eigenvalue weighted by atomic mass is 9.94. The molecule has 8 aromatic carbocycles. The van der Waals surface area contributed by atoms with Crippen LogP contribution >= 0.6 is 11.3 Å². The Morgan fingerprint density at radius 2 is 0.839 bits per heavy atom. The topological polar surface area (TPSA) is 51.8 Å². The molecule has 0 aliphatic carbocycles. The molecular weight excluding hydrogens is 703 g/mol. The van der Waals surface area contributed by atoms with Crippen LogP contribution in [0, 0.1) is 0 Å². The molecule has 0 unspecified atom stereocenters. The molecule has 0 aliphatic rings. The van der Waals surface area contributed by atoms with Crippen LogP contribution in [0.3, 0.4) is 0 Å². The fraction of sp³-hybridized carbons (Fsp3) is 0. The van der Waals surface area contributed by atoms with Crippen LogP contribution in [0.15, 0.2) is 192 Å². The number of hydrogen-bond acceptors (Lipinski definition) is 5. The zero-order chi connectivity index (χ0) is 37.0. The molecule has 56 heavy (non-hydrogen) atoms. The maximum Gasteiger partial charge on any atom is 0.164 e. The Bertz CT molecular complexity index is 3240. The smallest absolute Gasteiger partial charge is 0.164 e. The second-order valence-corrected chi connectivity index (χ2v) is 15.1. The number of benzene rings is 8. The second kappa shape index (κ2) is 13.3. The van der Waals surface area contributed by atoms with Gasteiger partial charge < -0.3 is 4.42 Å². The molecule has 3 heterocycles. The van der Waals surface area contributed by atoms with Gasteiger partial charge in [0.15, 0.2) is 17.5 Å². The van der Waals surface area contributed by atoms with Gasteiger partial charge in [-0.1, -0.05) is 152 Å². The van der Waals surface area contributed by atoms with Crippen molar-refractivity contribution in [2.24, 2.45) is 0 Å². The third kappa shape index (κ3) is 5.65. The van der Waals surface area contributed by atoms with Crippen molar-refractivity contribution < 1.29 is 4.42 Å². The highest BCUT2D eigenvalue weighted by atomic mass is 32.1. The highest BCUT2D eigenvalue weighted by Crippen LogP contribution is 2.43. The van der Waals surface area contributed by atoms with E-state index in [9.17, 15) is 0 Å². The van der Waals surface area contributed by atoms with E-state index >= 15 is 0 Å². The first-order valence-electron chi connectivity index (χ1n) is 18.7. The van der Waals surface area contributed by atoms with Gasteiger partial charge in [-0.2, -0.15) is 0 Å². The van der Waals surface area contributed by atoms with Crippen LogP contribution in [0.5, 0.6) is 0 Å². The lowest BCUT2D eigenvalue weighted by molar-refractivity contribution is 0.669. The molecule has 5 heteroatoms. The molecule has 262 valence electrons. The summed E-state index contributed by atoms with van der Waals surface area (Å²) in [5, 5.41) is 4.70. The van der Waals surface area contributed by atoms with E-state index in [1.54, 1.807) is 11.3 Å². The SMILES string of the molecule is c1ccc(-c2cccc(-c3nc(-c4ccccc4)nc(-c4ccc5c(c4)sc4cc(-c6cc(-c7ccccc7)cc7oc8ccccc8c67)ccc45)n3)c2)cc1. The summed E-state index contributed by atoms with van der Waals surface area (Å²) in [7, 11) is 0. The third-order valence-corrected chi connectivity index (χ3v) is 11.6. The number of para-hydroxylation sites is 1. The molecule has 3 aromatic heterocycles. The molecule has 0 amide bonds.